The second kappa shape index (κ2) is 8.17. The van der Waals surface area contributed by atoms with Gasteiger partial charge in [0.15, 0.2) is 0 Å². The minimum Gasteiger partial charge on any atom is -0.334 e. The van der Waals surface area contributed by atoms with Gasteiger partial charge in [-0.3, -0.25) is 14.9 Å². The van der Waals surface area contributed by atoms with Crippen LogP contribution in [0.5, 0.6) is 0 Å². The van der Waals surface area contributed by atoms with Gasteiger partial charge in [0.2, 0.25) is 10.0 Å². The number of rotatable bonds is 6. The Kier molecular flexibility index (Phi) is 5.59. The quantitative estimate of drug-likeness (QED) is 0.628. The number of amides is 1. The molecule has 1 fully saturated rings. The molecule has 0 atom stereocenters. The maximum Gasteiger partial charge on any atom is 0.271 e. The number of halogens is 1. The van der Waals surface area contributed by atoms with Crippen LogP contribution in [0.1, 0.15) is 16.2 Å². The van der Waals surface area contributed by atoms with Gasteiger partial charge in [-0.1, -0.05) is 35.9 Å². The maximum absolute atomic E-state index is 12.8. The molecule has 0 aliphatic carbocycles. The molecule has 30 heavy (non-hydrogen) atoms. The van der Waals surface area contributed by atoms with Gasteiger partial charge in [-0.05, 0) is 24.3 Å². The van der Waals surface area contributed by atoms with Crippen molar-refractivity contribution < 1.29 is 13.2 Å². The van der Waals surface area contributed by atoms with Gasteiger partial charge in [-0.15, -0.1) is 0 Å². The lowest BCUT2D eigenvalue weighted by Crippen LogP contribution is -2.61. The van der Waals surface area contributed by atoms with Gasteiger partial charge in [-0.25, -0.2) is 8.42 Å². The third-order valence-electron chi connectivity index (χ3n) is 4.98. The lowest BCUT2D eigenvalue weighted by molar-refractivity contribution is 0.0436. The number of H-pyrrole nitrogens is 1. The second-order valence-electron chi connectivity index (χ2n) is 7.14. The molecule has 0 unspecified atom stereocenters. The third-order valence-corrected chi connectivity index (χ3v) is 6.59. The molecule has 3 aromatic rings. The second-order valence-corrected chi connectivity index (χ2v) is 9.48. The molecule has 1 aromatic carbocycles. The Bertz CT molecular complexity index is 1160. The molecule has 0 spiro atoms. The Morgan fingerprint density at radius 2 is 1.97 bits per heavy atom. The van der Waals surface area contributed by atoms with Crippen LogP contribution in [-0.2, 0) is 16.6 Å². The molecule has 0 saturated carbocycles. The normalized spacial score (nSPS) is 14.7. The van der Waals surface area contributed by atoms with Crippen molar-refractivity contribution in [1.29, 1.82) is 0 Å². The van der Waals surface area contributed by atoms with Crippen molar-refractivity contribution in [1.82, 2.24) is 24.4 Å². The molecule has 1 amide bonds. The molecule has 1 saturated heterocycles. The summed E-state index contributed by atoms with van der Waals surface area (Å²) >= 11 is 6.20. The zero-order valence-electron chi connectivity index (χ0n) is 16.2. The van der Waals surface area contributed by atoms with E-state index in [-0.39, 0.29) is 18.5 Å². The van der Waals surface area contributed by atoms with E-state index in [1.807, 2.05) is 24.3 Å². The van der Waals surface area contributed by atoms with E-state index in [1.54, 1.807) is 35.4 Å². The molecule has 0 bridgehead atoms. The molecule has 156 valence electrons. The number of carbonyl (C=O) groups is 1. The smallest absolute Gasteiger partial charge is 0.271 e. The van der Waals surface area contributed by atoms with E-state index >= 15 is 0 Å². The summed E-state index contributed by atoms with van der Waals surface area (Å²) in [6.07, 6.45) is 2.80. The Balaban J connectivity index is 1.44. The molecule has 3 heterocycles. The Morgan fingerprint density at radius 1 is 1.23 bits per heavy atom. The fraction of sp³-hybridized carbons (Fsp3) is 0.250. The fourth-order valence-corrected chi connectivity index (χ4v) is 4.65. The Hall–Kier alpha value is -2.75. The average molecular weight is 446 g/mol. The van der Waals surface area contributed by atoms with E-state index in [9.17, 15) is 13.2 Å². The number of hydrogen-bond donors (Lipinski definition) is 1. The lowest BCUT2D eigenvalue weighted by atomic mass is 10.1. The van der Waals surface area contributed by atoms with Gasteiger partial charge in [0.25, 0.3) is 5.91 Å². The SMILES string of the molecule is CS(=O)(=O)N(Cc1ccccn1)C1CN(C(=O)c2cc(-c3ccccc3Cl)n[nH]2)C1. The van der Waals surface area contributed by atoms with Crippen molar-refractivity contribution in [3.8, 4) is 11.3 Å². The summed E-state index contributed by atoms with van der Waals surface area (Å²) in [4.78, 5) is 18.6. The van der Waals surface area contributed by atoms with Crippen molar-refractivity contribution in [3.63, 3.8) is 0 Å². The van der Waals surface area contributed by atoms with Crippen LogP contribution in [0.25, 0.3) is 11.3 Å². The van der Waals surface area contributed by atoms with Crippen LogP contribution < -0.4 is 0 Å². The number of sulfonamides is 1. The standard InChI is InChI=1S/C20H20ClN5O3S/c1-30(28,29)26(11-14-6-4-5-9-22-14)15-12-25(13-15)20(27)19-10-18(23-24-19)16-7-2-3-8-17(16)21/h2-10,15H,11-13H2,1H3,(H,23,24). The first kappa shape index (κ1) is 20.5. The molecule has 0 radical (unpaired) electrons. The van der Waals surface area contributed by atoms with E-state index in [1.165, 1.54) is 10.6 Å². The molecule has 1 aliphatic heterocycles. The minimum atomic E-state index is -3.45. The van der Waals surface area contributed by atoms with E-state index in [0.717, 1.165) is 5.56 Å². The predicted octanol–water partition coefficient (Wildman–Crippen LogP) is 2.41. The highest BCUT2D eigenvalue weighted by molar-refractivity contribution is 7.88. The summed E-state index contributed by atoms with van der Waals surface area (Å²) in [5, 5.41) is 7.49. The van der Waals surface area contributed by atoms with Crippen molar-refractivity contribution in [3.05, 3.63) is 71.1 Å². The van der Waals surface area contributed by atoms with Crippen molar-refractivity contribution in [2.45, 2.75) is 12.6 Å². The van der Waals surface area contributed by atoms with Crippen LogP contribution in [0.3, 0.4) is 0 Å². The van der Waals surface area contributed by atoms with Crippen molar-refractivity contribution in [2.24, 2.45) is 0 Å². The van der Waals surface area contributed by atoms with Crippen LogP contribution >= 0.6 is 11.6 Å². The summed E-state index contributed by atoms with van der Waals surface area (Å²) in [5.41, 5.74) is 2.30. The summed E-state index contributed by atoms with van der Waals surface area (Å²) in [6.45, 7) is 0.783. The summed E-state index contributed by atoms with van der Waals surface area (Å²) < 4.78 is 25.9. The molecular formula is C20H20ClN5O3S. The molecular weight excluding hydrogens is 426 g/mol. The first-order chi connectivity index (χ1) is 14.3. The van der Waals surface area contributed by atoms with E-state index in [4.69, 9.17) is 11.6 Å². The predicted molar refractivity (Wildman–Crippen MR) is 113 cm³/mol. The minimum absolute atomic E-state index is 0.174. The van der Waals surface area contributed by atoms with Gasteiger partial charge < -0.3 is 4.90 Å². The number of nitrogens with one attached hydrogen (secondary N) is 1. The highest BCUT2D eigenvalue weighted by Gasteiger charge is 2.39. The molecule has 4 rings (SSSR count). The maximum atomic E-state index is 12.8. The topological polar surface area (TPSA) is 99.3 Å². The van der Waals surface area contributed by atoms with Gasteiger partial charge in [0, 0.05) is 24.8 Å². The third kappa shape index (κ3) is 4.23. The summed E-state index contributed by atoms with van der Waals surface area (Å²) in [5.74, 6) is -0.233. The monoisotopic (exact) mass is 445 g/mol. The van der Waals surface area contributed by atoms with Crippen LogP contribution in [-0.4, -0.2) is 64.1 Å². The number of carbonyl (C=O) groups excluding carboxylic acids is 1. The molecule has 2 aromatic heterocycles. The highest BCUT2D eigenvalue weighted by atomic mass is 35.5. The number of likely N-dealkylation sites (tertiary alicyclic amines) is 1. The molecule has 1 N–H and O–H groups in total. The Morgan fingerprint density at radius 3 is 2.63 bits per heavy atom. The van der Waals surface area contributed by atoms with Gasteiger partial charge in [-0.2, -0.15) is 9.40 Å². The lowest BCUT2D eigenvalue weighted by Gasteiger charge is -2.43. The molecule has 1 aliphatic rings. The largest absolute Gasteiger partial charge is 0.334 e. The summed E-state index contributed by atoms with van der Waals surface area (Å²) in [7, 11) is -3.45. The van der Waals surface area contributed by atoms with Crippen molar-refractivity contribution in [2.75, 3.05) is 19.3 Å². The van der Waals surface area contributed by atoms with E-state index < -0.39 is 10.0 Å². The molecule has 10 heteroatoms. The van der Waals surface area contributed by atoms with Crippen LogP contribution in [0.4, 0.5) is 0 Å². The number of nitrogens with zero attached hydrogens (tertiary/aromatic N) is 4. The molecule has 8 nitrogen and oxygen atoms in total. The van der Waals surface area contributed by atoms with Gasteiger partial charge in [0.05, 0.1) is 35.3 Å². The van der Waals surface area contributed by atoms with Crippen molar-refractivity contribution >= 4 is 27.5 Å². The zero-order chi connectivity index (χ0) is 21.3. The average Bonchev–Trinajstić information content (AvgIpc) is 3.16. The number of aromatic nitrogens is 3. The number of aromatic amines is 1. The van der Waals surface area contributed by atoms with E-state index in [2.05, 4.69) is 15.2 Å². The number of benzene rings is 1. The Labute approximate surface area is 179 Å². The fourth-order valence-electron chi connectivity index (χ4n) is 3.38. The summed E-state index contributed by atoms with van der Waals surface area (Å²) in [6, 6.07) is 14.0. The van der Waals surface area contributed by atoms with Crippen LogP contribution in [0.15, 0.2) is 54.7 Å². The van der Waals surface area contributed by atoms with E-state index in [0.29, 0.717) is 35.2 Å². The first-order valence-electron chi connectivity index (χ1n) is 9.29. The number of hydrogen-bond acceptors (Lipinski definition) is 5. The van der Waals surface area contributed by atoms with Gasteiger partial charge >= 0.3 is 0 Å². The first-order valence-corrected chi connectivity index (χ1v) is 11.5. The van der Waals surface area contributed by atoms with Crippen LogP contribution in [0, 0.1) is 0 Å². The zero-order valence-corrected chi connectivity index (χ0v) is 17.8. The van der Waals surface area contributed by atoms with Gasteiger partial charge in [0.1, 0.15) is 5.69 Å². The number of pyridine rings is 1. The van der Waals surface area contributed by atoms with Crippen LogP contribution in [0.2, 0.25) is 5.02 Å². The highest BCUT2D eigenvalue weighted by Crippen LogP contribution is 2.27.